The molecule has 3 nitrogen and oxygen atoms in total. The van der Waals surface area contributed by atoms with Crippen molar-refractivity contribution < 1.29 is 9.13 Å². The van der Waals surface area contributed by atoms with E-state index in [-0.39, 0.29) is 21.9 Å². The summed E-state index contributed by atoms with van der Waals surface area (Å²) in [5.74, 6) is -0.335. The van der Waals surface area contributed by atoms with Gasteiger partial charge >= 0.3 is 0 Å². The highest BCUT2D eigenvalue weighted by Crippen LogP contribution is 2.31. The van der Waals surface area contributed by atoms with Crippen LogP contribution in [0, 0.1) is 28.5 Å². The lowest BCUT2D eigenvalue weighted by Gasteiger charge is -2.06. The molecule has 0 saturated heterocycles. The van der Waals surface area contributed by atoms with Gasteiger partial charge in [-0.25, -0.2) is 4.39 Å². The van der Waals surface area contributed by atoms with E-state index < -0.39 is 5.82 Å². The van der Waals surface area contributed by atoms with Gasteiger partial charge in [-0.05, 0) is 18.2 Å². The van der Waals surface area contributed by atoms with Crippen LogP contribution in [-0.2, 0) is 0 Å². The minimum Gasteiger partial charge on any atom is -0.495 e. The van der Waals surface area contributed by atoms with Crippen molar-refractivity contribution in [1.82, 2.24) is 0 Å². The van der Waals surface area contributed by atoms with Crippen LogP contribution in [0.15, 0.2) is 17.7 Å². The second kappa shape index (κ2) is 5.16. The van der Waals surface area contributed by atoms with Crippen molar-refractivity contribution in [2.75, 3.05) is 7.11 Å². The first-order valence-electron chi connectivity index (χ1n) is 4.18. The molecule has 0 N–H and O–H groups in total. The molecule has 1 aromatic carbocycles. The van der Waals surface area contributed by atoms with Crippen LogP contribution < -0.4 is 4.74 Å². The molecule has 0 fully saturated rings. The van der Waals surface area contributed by atoms with Gasteiger partial charge in [0.2, 0.25) is 0 Å². The molecular formula is C11H6ClFN2O. The third kappa shape index (κ3) is 2.31. The Balaban J connectivity index is 3.41. The van der Waals surface area contributed by atoms with E-state index in [0.29, 0.717) is 0 Å². The summed E-state index contributed by atoms with van der Waals surface area (Å²) < 4.78 is 18.3. The third-order valence-corrected chi connectivity index (χ3v) is 2.23. The highest BCUT2D eigenvalue weighted by molar-refractivity contribution is 6.33. The zero-order chi connectivity index (χ0) is 12.1. The molecule has 0 amide bonds. The van der Waals surface area contributed by atoms with Crippen molar-refractivity contribution >= 4 is 17.7 Å². The predicted octanol–water partition coefficient (Wildman–Crippen LogP) is 2.92. The summed E-state index contributed by atoms with van der Waals surface area (Å²) in [6, 6.07) is 5.78. The number of rotatable bonds is 2. The van der Waals surface area contributed by atoms with Crippen molar-refractivity contribution in [2.24, 2.45) is 0 Å². The maximum atomic E-state index is 13.4. The van der Waals surface area contributed by atoms with Crippen LogP contribution in [0.2, 0.25) is 5.02 Å². The standard InChI is InChI=1S/C11H6ClFN2O/c1-16-10-3-2-9(13)8(11(10)12)4-7(5-14)6-15/h2-4H,1H3. The summed E-state index contributed by atoms with van der Waals surface area (Å²) in [5, 5.41) is 17.1. The molecular weight excluding hydrogens is 231 g/mol. The smallest absolute Gasteiger partial charge is 0.138 e. The molecule has 80 valence electrons. The van der Waals surface area contributed by atoms with E-state index in [1.807, 2.05) is 0 Å². The molecule has 0 saturated carbocycles. The molecule has 1 aromatic rings. The van der Waals surface area contributed by atoms with Crippen LogP contribution in [-0.4, -0.2) is 7.11 Å². The average Bonchev–Trinajstić information content (AvgIpc) is 2.30. The lowest BCUT2D eigenvalue weighted by Crippen LogP contribution is -1.90. The van der Waals surface area contributed by atoms with E-state index in [0.717, 1.165) is 12.1 Å². The van der Waals surface area contributed by atoms with Crippen LogP contribution >= 0.6 is 11.6 Å². The lowest BCUT2D eigenvalue weighted by molar-refractivity contribution is 0.414. The van der Waals surface area contributed by atoms with Crippen LogP contribution in [0.5, 0.6) is 5.75 Å². The van der Waals surface area contributed by atoms with E-state index in [2.05, 4.69) is 0 Å². The number of nitriles is 2. The minimum absolute atomic E-state index is 0.0286. The Kier molecular flexibility index (Phi) is 3.88. The van der Waals surface area contributed by atoms with Gasteiger partial charge in [0, 0.05) is 5.56 Å². The van der Waals surface area contributed by atoms with Crippen molar-refractivity contribution in [1.29, 1.82) is 10.5 Å². The van der Waals surface area contributed by atoms with E-state index in [1.54, 1.807) is 12.1 Å². The molecule has 0 heterocycles. The Labute approximate surface area is 96.9 Å². The van der Waals surface area contributed by atoms with Crippen molar-refractivity contribution in [3.05, 3.63) is 34.1 Å². The maximum absolute atomic E-state index is 13.4. The van der Waals surface area contributed by atoms with E-state index >= 15 is 0 Å². The third-order valence-electron chi connectivity index (χ3n) is 1.84. The van der Waals surface area contributed by atoms with Gasteiger partial charge in [0.25, 0.3) is 0 Å². The second-order valence-corrected chi connectivity index (χ2v) is 3.14. The Morgan fingerprint density at radius 3 is 2.56 bits per heavy atom. The molecule has 0 unspecified atom stereocenters. The normalized spacial score (nSPS) is 8.81. The predicted molar refractivity (Wildman–Crippen MR) is 57.2 cm³/mol. The van der Waals surface area contributed by atoms with Crippen LogP contribution in [0.4, 0.5) is 4.39 Å². The SMILES string of the molecule is COc1ccc(F)c(C=C(C#N)C#N)c1Cl. The molecule has 16 heavy (non-hydrogen) atoms. The van der Waals surface area contributed by atoms with E-state index in [1.165, 1.54) is 13.2 Å². The summed E-state index contributed by atoms with van der Waals surface area (Å²) in [6.45, 7) is 0. The van der Waals surface area contributed by atoms with Gasteiger partial charge in [0.1, 0.15) is 29.3 Å². The van der Waals surface area contributed by atoms with Crippen molar-refractivity contribution in [3.63, 3.8) is 0 Å². The first kappa shape index (κ1) is 12.0. The number of benzene rings is 1. The Morgan fingerprint density at radius 2 is 2.06 bits per heavy atom. The summed E-state index contributed by atoms with van der Waals surface area (Å²) >= 11 is 5.84. The summed E-state index contributed by atoms with van der Waals surface area (Å²) in [6.07, 6.45) is 1.08. The molecule has 0 atom stereocenters. The number of ether oxygens (including phenoxy) is 1. The fourth-order valence-electron chi connectivity index (χ4n) is 1.07. The first-order chi connectivity index (χ1) is 7.63. The zero-order valence-corrected chi connectivity index (χ0v) is 9.05. The van der Waals surface area contributed by atoms with Gasteiger partial charge in [-0.2, -0.15) is 10.5 Å². The van der Waals surface area contributed by atoms with Gasteiger partial charge in [0.15, 0.2) is 0 Å². The minimum atomic E-state index is -0.617. The quantitative estimate of drug-likeness (QED) is 0.742. The van der Waals surface area contributed by atoms with Crippen LogP contribution in [0.3, 0.4) is 0 Å². The summed E-state index contributed by atoms with van der Waals surface area (Å²) in [5.41, 5.74) is -0.256. The van der Waals surface area contributed by atoms with Crippen LogP contribution in [0.25, 0.3) is 6.08 Å². The van der Waals surface area contributed by atoms with Crippen LogP contribution in [0.1, 0.15) is 5.56 Å². The summed E-state index contributed by atoms with van der Waals surface area (Å²) in [7, 11) is 1.39. The molecule has 0 aliphatic heterocycles. The van der Waals surface area contributed by atoms with E-state index in [9.17, 15) is 4.39 Å². The van der Waals surface area contributed by atoms with Gasteiger partial charge in [0.05, 0.1) is 12.1 Å². The lowest BCUT2D eigenvalue weighted by atomic mass is 10.1. The first-order valence-corrected chi connectivity index (χ1v) is 4.55. The average molecular weight is 237 g/mol. The number of hydrogen-bond acceptors (Lipinski definition) is 3. The Morgan fingerprint density at radius 1 is 1.44 bits per heavy atom. The van der Waals surface area contributed by atoms with Gasteiger partial charge in [-0.1, -0.05) is 11.6 Å². The molecule has 5 heteroatoms. The largest absolute Gasteiger partial charge is 0.495 e. The topological polar surface area (TPSA) is 56.8 Å². The molecule has 0 spiro atoms. The highest BCUT2D eigenvalue weighted by Gasteiger charge is 2.11. The molecule has 0 aromatic heterocycles. The van der Waals surface area contributed by atoms with Crippen molar-refractivity contribution in [3.8, 4) is 17.9 Å². The molecule has 1 rings (SSSR count). The number of nitrogens with zero attached hydrogens (tertiary/aromatic N) is 2. The van der Waals surface area contributed by atoms with Gasteiger partial charge in [-0.15, -0.1) is 0 Å². The Bertz CT molecular complexity index is 510. The van der Waals surface area contributed by atoms with Gasteiger partial charge in [-0.3, -0.25) is 0 Å². The monoisotopic (exact) mass is 236 g/mol. The van der Waals surface area contributed by atoms with Gasteiger partial charge < -0.3 is 4.74 Å². The highest BCUT2D eigenvalue weighted by atomic mass is 35.5. The number of halogens is 2. The number of hydrogen-bond donors (Lipinski definition) is 0. The zero-order valence-electron chi connectivity index (χ0n) is 8.29. The molecule has 0 bridgehead atoms. The maximum Gasteiger partial charge on any atom is 0.138 e. The fraction of sp³-hybridized carbons (Fsp3) is 0.0909. The number of methoxy groups -OCH3 is 1. The fourth-order valence-corrected chi connectivity index (χ4v) is 1.36. The summed E-state index contributed by atoms with van der Waals surface area (Å²) in [4.78, 5) is 0. The van der Waals surface area contributed by atoms with Crippen molar-refractivity contribution in [2.45, 2.75) is 0 Å². The second-order valence-electron chi connectivity index (χ2n) is 2.76. The molecule has 0 aliphatic carbocycles. The Hall–Kier alpha value is -2.04. The van der Waals surface area contributed by atoms with E-state index in [4.69, 9.17) is 26.9 Å². The molecule has 0 aliphatic rings. The number of allylic oxidation sites excluding steroid dienone is 1. The molecule has 0 radical (unpaired) electrons.